The minimum absolute atomic E-state index is 0.0363. The predicted octanol–water partition coefficient (Wildman–Crippen LogP) is 3.20. The van der Waals surface area contributed by atoms with Crippen molar-refractivity contribution in [2.75, 3.05) is 5.32 Å². The smallest absolute Gasteiger partial charge is 0.411 e. The van der Waals surface area contributed by atoms with Crippen molar-refractivity contribution in [2.24, 2.45) is 5.73 Å². The van der Waals surface area contributed by atoms with E-state index in [-0.39, 0.29) is 12.1 Å². The van der Waals surface area contributed by atoms with Crippen LogP contribution in [0.2, 0.25) is 0 Å². The van der Waals surface area contributed by atoms with E-state index in [1.54, 1.807) is 0 Å². The number of ether oxygens (including phenoxy) is 1. The second kappa shape index (κ2) is 6.57. The lowest BCUT2D eigenvalue weighted by atomic mass is 10.1. The number of aryl methyl sites for hydroxylation is 1. The zero-order valence-electron chi connectivity index (χ0n) is 11.4. The second-order valence-electron chi connectivity index (χ2n) is 5.24. The molecule has 19 heavy (non-hydrogen) atoms. The van der Waals surface area contributed by atoms with Crippen LogP contribution in [0.15, 0.2) is 24.3 Å². The quantitative estimate of drug-likeness (QED) is 0.804. The molecule has 4 heteroatoms. The summed E-state index contributed by atoms with van der Waals surface area (Å²) in [5.74, 6) is 0. The molecule has 3 N–H and O–H groups in total. The fraction of sp³-hybridized carbons (Fsp3) is 0.533. The van der Waals surface area contributed by atoms with Crippen molar-refractivity contribution in [3.05, 3.63) is 29.8 Å². The van der Waals surface area contributed by atoms with E-state index in [1.807, 2.05) is 31.2 Å². The van der Waals surface area contributed by atoms with Crippen LogP contribution in [0.1, 0.15) is 37.7 Å². The molecule has 4 nitrogen and oxygen atoms in total. The third-order valence-corrected chi connectivity index (χ3v) is 3.53. The van der Waals surface area contributed by atoms with Crippen LogP contribution in [-0.2, 0) is 4.74 Å². The molecule has 0 saturated heterocycles. The number of amides is 1. The monoisotopic (exact) mass is 262 g/mol. The van der Waals surface area contributed by atoms with Crippen molar-refractivity contribution in [2.45, 2.75) is 51.2 Å². The highest BCUT2D eigenvalue weighted by molar-refractivity contribution is 5.84. The Balaban J connectivity index is 1.89. The Morgan fingerprint density at radius 1 is 1.32 bits per heavy atom. The number of rotatable bonds is 2. The van der Waals surface area contributed by atoms with Gasteiger partial charge in [-0.2, -0.15) is 0 Å². The molecule has 1 aromatic rings. The third kappa shape index (κ3) is 4.24. The van der Waals surface area contributed by atoms with Gasteiger partial charge in [-0.25, -0.2) is 4.79 Å². The number of hydrogen-bond acceptors (Lipinski definition) is 3. The first-order valence-corrected chi connectivity index (χ1v) is 6.95. The number of hydrogen-bond donors (Lipinski definition) is 2. The van der Waals surface area contributed by atoms with E-state index >= 15 is 0 Å². The highest BCUT2D eigenvalue weighted by atomic mass is 16.6. The molecule has 0 bridgehead atoms. The summed E-state index contributed by atoms with van der Waals surface area (Å²) in [7, 11) is 0. The maximum Gasteiger partial charge on any atom is 0.411 e. The maximum absolute atomic E-state index is 11.9. The van der Waals surface area contributed by atoms with Gasteiger partial charge in [-0.3, -0.25) is 5.32 Å². The zero-order valence-corrected chi connectivity index (χ0v) is 11.4. The number of nitrogens with one attached hydrogen (secondary N) is 1. The van der Waals surface area contributed by atoms with Gasteiger partial charge in [0.05, 0.1) is 0 Å². The van der Waals surface area contributed by atoms with Gasteiger partial charge in [0.25, 0.3) is 0 Å². The molecule has 0 heterocycles. The van der Waals surface area contributed by atoms with Gasteiger partial charge in [0.1, 0.15) is 6.10 Å². The van der Waals surface area contributed by atoms with E-state index in [0.717, 1.165) is 36.9 Å². The lowest BCUT2D eigenvalue weighted by Gasteiger charge is -2.21. The Morgan fingerprint density at radius 2 is 2.11 bits per heavy atom. The van der Waals surface area contributed by atoms with Crippen LogP contribution in [0.5, 0.6) is 0 Å². The molecule has 1 aliphatic carbocycles. The fourth-order valence-corrected chi connectivity index (χ4v) is 2.46. The van der Waals surface area contributed by atoms with E-state index in [2.05, 4.69) is 5.32 Å². The van der Waals surface area contributed by atoms with Gasteiger partial charge in [-0.1, -0.05) is 25.0 Å². The first-order valence-electron chi connectivity index (χ1n) is 6.95. The van der Waals surface area contributed by atoms with Crippen LogP contribution in [0, 0.1) is 6.92 Å². The molecule has 2 atom stereocenters. The number of benzene rings is 1. The number of anilines is 1. The number of carbonyl (C=O) groups is 1. The third-order valence-electron chi connectivity index (χ3n) is 3.53. The topological polar surface area (TPSA) is 64.3 Å². The minimum Gasteiger partial charge on any atom is -0.444 e. The van der Waals surface area contributed by atoms with E-state index in [9.17, 15) is 4.79 Å². The second-order valence-corrected chi connectivity index (χ2v) is 5.24. The van der Waals surface area contributed by atoms with Crippen molar-refractivity contribution in [1.29, 1.82) is 0 Å². The SMILES string of the molecule is Cc1cccc(NC(=O)OC2CCCCCC2N)c1. The fourth-order valence-electron chi connectivity index (χ4n) is 2.46. The van der Waals surface area contributed by atoms with Crippen LogP contribution in [0.25, 0.3) is 0 Å². The molecule has 2 unspecified atom stereocenters. The predicted molar refractivity (Wildman–Crippen MR) is 76.1 cm³/mol. The van der Waals surface area contributed by atoms with Gasteiger partial charge < -0.3 is 10.5 Å². The molecular weight excluding hydrogens is 240 g/mol. The molecule has 0 spiro atoms. The molecule has 1 aliphatic rings. The summed E-state index contributed by atoms with van der Waals surface area (Å²) >= 11 is 0. The van der Waals surface area contributed by atoms with Gasteiger partial charge in [0, 0.05) is 11.7 Å². The van der Waals surface area contributed by atoms with Crippen molar-refractivity contribution in [1.82, 2.24) is 0 Å². The van der Waals surface area contributed by atoms with Crippen molar-refractivity contribution >= 4 is 11.8 Å². The molecular formula is C15H22N2O2. The molecule has 1 aromatic carbocycles. The summed E-state index contributed by atoms with van der Waals surface area (Å²) in [5.41, 5.74) is 7.90. The minimum atomic E-state index is -0.409. The van der Waals surface area contributed by atoms with E-state index < -0.39 is 6.09 Å². The molecule has 1 saturated carbocycles. The summed E-state index contributed by atoms with van der Waals surface area (Å²) in [6.07, 6.45) is 4.61. The molecule has 1 fully saturated rings. The normalized spacial score (nSPS) is 23.5. The molecule has 0 radical (unpaired) electrons. The summed E-state index contributed by atoms with van der Waals surface area (Å²) in [5, 5.41) is 2.75. The van der Waals surface area contributed by atoms with Crippen molar-refractivity contribution in [3.8, 4) is 0 Å². The molecule has 0 aliphatic heterocycles. The molecule has 104 valence electrons. The Bertz CT molecular complexity index is 434. The van der Waals surface area contributed by atoms with Gasteiger partial charge >= 0.3 is 6.09 Å². The van der Waals surface area contributed by atoms with E-state index in [1.165, 1.54) is 6.42 Å². The van der Waals surface area contributed by atoms with E-state index in [4.69, 9.17) is 10.5 Å². The molecule has 0 aromatic heterocycles. The summed E-state index contributed by atoms with van der Waals surface area (Å²) < 4.78 is 5.45. The lowest BCUT2D eigenvalue weighted by Crippen LogP contribution is -2.38. The Hall–Kier alpha value is -1.55. The Labute approximate surface area is 114 Å². The van der Waals surface area contributed by atoms with Crippen LogP contribution >= 0.6 is 0 Å². The van der Waals surface area contributed by atoms with Crippen molar-refractivity contribution in [3.63, 3.8) is 0 Å². The van der Waals surface area contributed by atoms with Gasteiger partial charge in [0.2, 0.25) is 0 Å². The average Bonchev–Trinajstić information content (AvgIpc) is 2.55. The highest BCUT2D eigenvalue weighted by Gasteiger charge is 2.23. The van der Waals surface area contributed by atoms with Crippen LogP contribution in [-0.4, -0.2) is 18.2 Å². The van der Waals surface area contributed by atoms with Crippen molar-refractivity contribution < 1.29 is 9.53 Å². The van der Waals surface area contributed by atoms with Crippen LogP contribution in [0.4, 0.5) is 10.5 Å². The first kappa shape index (κ1) is 13.9. The van der Waals surface area contributed by atoms with Gasteiger partial charge in [-0.15, -0.1) is 0 Å². The average molecular weight is 262 g/mol. The maximum atomic E-state index is 11.9. The van der Waals surface area contributed by atoms with Gasteiger partial charge in [0.15, 0.2) is 0 Å². The van der Waals surface area contributed by atoms with E-state index in [0.29, 0.717) is 0 Å². The summed E-state index contributed by atoms with van der Waals surface area (Å²) in [4.78, 5) is 11.9. The Kier molecular flexibility index (Phi) is 4.80. The Morgan fingerprint density at radius 3 is 2.89 bits per heavy atom. The van der Waals surface area contributed by atoms with Gasteiger partial charge in [-0.05, 0) is 43.9 Å². The summed E-state index contributed by atoms with van der Waals surface area (Å²) in [6.45, 7) is 1.98. The standard InChI is InChI=1S/C15H22N2O2/c1-11-6-5-7-12(10-11)17-15(18)19-14-9-4-2-3-8-13(14)16/h5-7,10,13-14H,2-4,8-9,16H2,1H3,(H,17,18). The van der Waals surface area contributed by atoms with Crippen LogP contribution < -0.4 is 11.1 Å². The highest BCUT2D eigenvalue weighted by Crippen LogP contribution is 2.20. The molecule has 2 rings (SSSR count). The number of carbonyl (C=O) groups excluding carboxylic acids is 1. The first-order chi connectivity index (χ1) is 9.15. The van der Waals surface area contributed by atoms with Crippen LogP contribution in [0.3, 0.4) is 0 Å². The lowest BCUT2D eigenvalue weighted by molar-refractivity contribution is 0.0899. The molecule has 1 amide bonds. The largest absolute Gasteiger partial charge is 0.444 e. The zero-order chi connectivity index (χ0) is 13.7. The summed E-state index contributed by atoms with van der Waals surface area (Å²) in [6, 6.07) is 7.61. The number of nitrogens with two attached hydrogens (primary N) is 1.